The maximum absolute atomic E-state index is 12.4. The minimum atomic E-state index is -0.865. The number of carbonyl (C=O) groups is 2. The number of hydrogen-bond acceptors (Lipinski definition) is 4. The minimum absolute atomic E-state index is 0.00228. The van der Waals surface area contributed by atoms with Crippen LogP contribution in [0.1, 0.15) is 32.1 Å². The highest BCUT2D eigenvalue weighted by atomic mass is 16.6. The third-order valence-corrected chi connectivity index (χ3v) is 4.96. The van der Waals surface area contributed by atoms with E-state index in [-0.39, 0.29) is 24.2 Å². The molecule has 1 fully saturated rings. The van der Waals surface area contributed by atoms with Crippen LogP contribution in [0.15, 0.2) is 30.5 Å². The van der Waals surface area contributed by atoms with Crippen molar-refractivity contribution in [2.75, 3.05) is 0 Å². The summed E-state index contributed by atoms with van der Waals surface area (Å²) in [4.78, 5) is 34.3. The first-order valence-corrected chi connectivity index (χ1v) is 8.71. The molecule has 1 aliphatic carbocycles. The fourth-order valence-corrected chi connectivity index (χ4v) is 3.62. The van der Waals surface area contributed by atoms with Crippen LogP contribution in [0, 0.1) is 16.0 Å². The van der Waals surface area contributed by atoms with E-state index in [2.05, 4.69) is 5.32 Å². The highest BCUT2D eigenvalue weighted by Crippen LogP contribution is 2.24. The molecular weight excluding hydrogens is 338 g/mol. The number of non-ortho nitro benzene ring substituents is 1. The number of carbonyl (C=O) groups excluding carboxylic acids is 1. The third kappa shape index (κ3) is 3.84. The zero-order valence-electron chi connectivity index (χ0n) is 14.3. The second kappa shape index (κ2) is 7.55. The Kier molecular flexibility index (Phi) is 5.20. The van der Waals surface area contributed by atoms with Gasteiger partial charge < -0.3 is 15.0 Å². The summed E-state index contributed by atoms with van der Waals surface area (Å²) >= 11 is 0. The van der Waals surface area contributed by atoms with Crippen molar-refractivity contribution < 1.29 is 19.6 Å². The molecule has 138 valence electrons. The van der Waals surface area contributed by atoms with E-state index in [4.69, 9.17) is 0 Å². The molecule has 2 N–H and O–H groups in total. The Morgan fingerprint density at radius 1 is 1.23 bits per heavy atom. The van der Waals surface area contributed by atoms with Gasteiger partial charge in [0.25, 0.3) is 5.69 Å². The van der Waals surface area contributed by atoms with Gasteiger partial charge in [-0.15, -0.1) is 0 Å². The van der Waals surface area contributed by atoms with Gasteiger partial charge >= 0.3 is 5.97 Å². The van der Waals surface area contributed by atoms with Crippen molar-refractivity contribution in [3.63, 3.8) is 0 Å². The molecule has 2 atom stereocenters. The van der Waals surface area contributed by atoms with Gasteiger partial charge in [0.1, 0.15) is 6.54 Å². The number of hydrogen-bond donors (Lipinski definition) is 2. The molecule has 1 aromatic carbocycles. The summed E-state index contributed by atoms with van der Waals surface area (Å²) in [5.74, 6) is -1.67. The predicted molar refractivity (Wildman–Crippen MR) is 94.7 cm³/mol. The van der Waals surface area contributed by atoms with Gasteiger partial charge in [0.2, 0.25) is 5.91 Å². The van der Waals surface area contributed by atoms with Crippen molar-refractivity contribution in [3.05, 3.63) is 40.6 Å². The average Bonchev–Trinajstić information content (AvgIpc) is 2.83. The Balaban J connectivity index is 1.72. The maximum Gasteiger partial charge on any atom is 0.308 e. The lowest BCUT2D eigenvalue weighted by Gasteiger charge is -2.23. The van der Waals surface area contributed by atoms with Gasteiger partial charge in [-0.05, 0) is 25.0 Å². The van der Waals surface area contributed by atoms with E-state index >= 15 is 0 Å². The van der Waals surface area contributed by atoms with Crippen LogP contribution in [0.5, 0.6) is 0 Å². The second-order valence-corrected chi connectivity index (χ2v) is 6.70. The standard InChI is InChI=1S/C18H21N3O5/c22-17(19-15-5-3-1-2-4-14(15)18(23)24)11-20-9-8-12-10-13(21(25)26)6-7-16(12)20/h6-10,14-15H,1-5,11H2,(H,19,22)(H,23,24)/t14-,15+/m1/s1. The van der Waals surface area contributed by atoms with Crippen molar-refractivity contribution in [2.45, 2.75) is 44.7 Å². The van der Waals surface area contributed by atoms with E-state index in [0.717, 1.165) is 24.8 Å². The van der Waals surface area contributed by atoms with Crippen LogP contribution >= 0.6 is 0 Å². The first kappa shape index (κ1) is 17.9. The molecule has 0 saturated heterocycles. The summed E-state index contributed by atoms with van der Waals surface area (Å²) in [5, 5.41) is 23.8. The summed E-state index contributed by atoms with van der Waals surface area (Å²) in [5.41, 5.74) is 0.726. The Morgan fingerprint density at radius 2 is 2.00 bits per heavy atom. The van der Waals surface area contributed by atoms with Gasteiger partial charge in [0, 0.05) is 35.3 Å². The van der Waals surface area contributed by atoms with Crippen molar-refractivity contribution in [3.8, 4) is 0 Å². The first-order valence-electron chi connectivity index (χ1n) is 8.71. The molecule has 1 aromatic heterocycles. The molecule has 1 saturated carbocycles. The molecule has 8 heteroatoms. The van der Waals surface area contributed by atoms with Gasteiger partial charge in [0.15, 0.2) is 0 Å². The van der Waals surface area contributed by atoms with Gasteiger partial charge in [-0.2, -0.15) is 0 Å². The maximum atomic E-state index is 12.4. The van der Waals surface area contributed by atoms with E-state index < -0.39 is 16.8 Å². The quantitative estimate of drug-likeness (QED) is 0.484. The van der Waals surface area contributed by atoms with E-state index in [1.165, 1.54) is 12.1 Å². The molecule has 0 radical (unpaired) electrons. The Labute approximate surface area is 149 Å². The van der Waals surface area contributed by atoms with E-state index in [1.54, 1.807) is 22.9 Å². The Bertz CT molecular complexity index is 844. The molecular formula is C18H21N3O5. The largest absolute Gasteiger partial charge is 0.481 e. The summed E-state index contributed by atoms with van der Waals surface area (Å²) in [7, 11) is 0. The molecule has 8 nitrogen and oxygen atoms in total. The monoisotopic (exact) mass is 359 g/mol. The highest BCUT2D eigenvalue weighted by Gasteiger charge is 2.30. The molecule has 2 aromatic rings. The number of aromatic nitrogens is 1. The van der Waals surface area contributed by atoms with Crippen LogP contribution in [0.4, 0.5) is 5.69 Å². The van der Waals surface area contributed by atoms with Crippen LogP contribution in [0.2, 0.25) is 0 Å². The summed E-state index contributed by atoms with van der Waals surface area (Å²) in [6, 6.07) is 5.86. The fraction of sp³-hybridized carbons (Fsp3) is 0.444. The number of nitro benzene ring substituents is 1. The van der Waals surface area contributed by atoms with Crippen LogP contribution in [0.3, 0.4) is 0 Å². The minimum Gasteiger partial charge on any atom is -0.481 e. The Morgan fingerprint density at radius 3 is 2.73 bits per heavy atom. The molecule has 1 heterocycles. The van der Waals surface area contributed by atoms with Crippen LogP contribution in [-0.2, 0) is 16.1 Å². The second-order valence-electron chi connectivity index (χ2n) is 6.70. The SMILES string of the molecule is O=C(Cn1ccc2cc([N+](=O)[O-])ccc21)N[C@H]1CCCCC[C@H]1C(=O)O. The molecule has 0 bridgehead atoms. The van der Waals surface area contributed by atoms with E-state index in [0.29, 0.717) is 18.2 Å². The molecule has 26 heavy (non-hydrogen) atoms. The third-order valence-electron chi connectivity index (χ3n) is 4.96. The summed E-state index contributed by atoms with van der Waals surface area (Å²) in [6.45, 7) is 0.0458. The van der Waals surface area contributed by atoms with Crippen LogP contribution < -0.4 is 5.32 Å². The number of aliphatic carboxylic acids is 1. The number of nitrogens with one attached hydrogen (secondary N) is 1. The van der Waals surface area contributed by atoms with E-state index in [1.807, 2.05) is 0 Å². The van der Waals surface area contributed by atoms with Gasteiger partial charge in [-0.3, -0.25) is 19.7 Å². The lowest BCUT2D eigenvalue weighted by Crippen LogP contribution is -2.44. The van der Waals surface area contributed by atoms with Crippen LogP contribution in [0.25, 0.3) is 10.9 Å². The number of fused-ring (bicyclic) bond motifs is 1. The number of amides is 1. The lowest BCUT2D eigenvalue weighted by molar-refractivity contribution is -0.384. The number of carboxylic acids is 1. The lowest BCUT2D eigenvalue weighted by atomic mass is 9.95. The molecule has 0 spiro atoms. The van der Waals surface area contributed by atoms with Crippen LogP contribution in [-0.4, -0.2) is 32.5 Å². The van der Waals surface area contributed by atoms with Gasteiger partial charge in [-0.1, -0.05) is 19.3 Å². The number of nitro groups is 1. The zero-order valence-corrected chi connectivity index (χ0v) is 14.3. The average molecular weight is 359 g/mol. The predicted octanol–water partition coefficient (Wildman–Crippen LogP) is 2.70. The van der Waals surface area contributed by atoms with Gasteiger partial charge in [0.05, 0.1) is 10.8 Å². The molecule has 1 amide bonds. The van der Waals surface area contributed by atoms with Crippen molar-refractivity contribution >= 4 is 28.5 Å². The van der Waals surface area contributed by atoms with Crippen molar-refractivity contribution in [1.29, 1.82) is 0 Å². The first-order chi connectivity index (χ1) is 12.5. The topological polar surface area (TPSA) is 114 Å². The number of rotatable bonds is 5. The van der Waals surface area contributed by atoms with Crippen molar-refractivity contribution in [1.82, 2.24) is 9.88 Å². The molecule has 3 rings (SSSR count). The Hall–Kier alpha value is -2.90. The zero-order chi connectivity index (χ0) is 18.7. The smallest absolute Gasteiger partial charge is 0.308 e. The molecule has 0 aliphatic heterocycles. The number of benzene rings is 1. The van der Waals surface area contributed by atoms with Crippen molar-refractivity contribution in [2.24, 2.45) is 5.92 Å². The number of carboxylic acid groups (broad SMARTS) is 1. The van der Waals surface area contributed by atoms with Gasteiger partial charge in [-0.25, -0.2) is 0 Å². The molecule has 0 unspecified atom stereocenters. The highest BCUT2D eigenvalue weighted by molar-refractivity contribution is 5.85. The number of nitrogens with zero attached hydrogens (tertiary/aromatic N) is 2. The molecule has 1 aliphatic rings. The fourth-order valence-electron chi connectivity index (χ4n) is 3.62. The summed E-state index contributed by atoms with van der Waals surface area (Å²) in [6.07, 6.45) is 5.71. The summed E-state index contributed by atoms with van der Waals surface area (Å²) < 4.78 is 1.71. The van der Waals surface area contributed by atoms with E-state index in [9.17, 15) is 24.8 Å². The normalized spacial score (nSPS) is 20.5.